The summed E-state index contributed by atoms with van der Waals surface area (Å²) in [5.41, 5.74) is -0.947. The van der Waals surface area contributed by atoms with Crippen LogP contribution in [0.3, 0.4) is 0 Å². The number of esters is 1. The van der Waals surface area contributed by atoms with Crippen molar-refractivity contribution in [1.82, 2.24) is 5.32 Å². The van der Waals surface area contributed by atoms with Gasteiger partial charge >= 0.3 is 5.97 Å². The molecule has 0 aliphatic carbocycles. The lowest BCUT2D eigenvalue weighted by atomic mass is 9.92. The van der Waals surface area contributed by atoms with Gasteiger partial charge < -0.3 is 14.8 Å². The molecule has 1 unspecified atom stereocenters. The molecule has 1 rings (SSSR count). The van der Waals surface area contributed by atoms with Gasteiger partial charge in [0.05, 0.1) is 6.61 Å². The Morgan fingerprint density at radius 3 is 2.40 bits per heavy atom. The van der Waals surface area contributed by atoms with Gasteiger partial charge in [0.2, 0.25) is 5.91 Å². The highest BCUT2D eigenvalue weighted by Crippen LogP contribution is 2.17. The maximum atomic E-state index is 12.0. The Bertz CT molecular complexity index is 500. The van der Waals surface area contributed by atoms with Gasteiger partial charge in [-0.15, -0.1) is 0 Å². The first kappa shape index (κ1) is 16.4. The van der Waals surface area contributed by atoms with Crippen LogP contribution in [0.25, 0.3) is 0 Å². The van der Waals surface area contributed by atoms with Crippen LogP contribution in [0.5, 0.6) is 0 Å². The lowest BCUT2D eigenvalue weighted by molar-refractivity contribution is -0.154. The fourth-order valence-electron chi connectivity index (χ4n) is 1.78. The Kier molecular flexibility index (Phi) is 5.88. The zero-order valence-electron chi connectivity index (χ0n) is 11.3. The first-order chi connectivity index (χ1) is 9.43. The minimum atomic E-state index is -1.68. The number of aldehydes is 1. The Hall–Kier alpha value is -1.69. The largest absolute Gasteiger partial charge is 0.464 e. The molecule has 0 bridgehead atoms. The number of rotatable bonds is 6. The third-order valence-electron chi connectivity index (χ3n) is 2.64. The van der Waals surface area contributed by atoms with Crippen LogP contribution < -0.4 is 5.32 Å². The number of carbonyl (C=O) groups excluding carboxylic acids is 3. The van der Waals surface area contributed by atoms with Crippen LogP contribution in [0.2, 0.25) is 0 Å². The number of hydrogen-bond acceptors (Lipinski definition) is 4. The molecule has 20 heavy (non-hydrogen) atoms. The van der Waals surface area contributed by atoms with Crippen LogP contribution >= 0.6 is 15.9 Å². The molecule has 6 heteroatoms. The van der Waals surface area contributed by atoms with Crippen molar-refractivity contribution >= 4 is 34.1 Å². The Morgan fingerprint density at radius 1 is 1.35 bits per heavy atom. The number of benzene rings is 1. The smallest absolute Gasteiger partial charge is 0.339 e. The third kappa shape index (κ3) is 4.16. The zero-order valence-corrected chi connectivity index (χ0v) is 12.9. The van der Waals surface area contributed by atoms with Crippen LogP contribution in [0.1, 0.15) is 19.4 Å². The van der Waals surface area contributed by atoms with Crippen LogP contribution in [-0.4, -0.2) is 30.3 Å². The van der Waals surface area contributed by atoms with E-state index in [4.69, 9.17) is 4.74 Å². The molecule has 0 spiro atoms. The summed E-state index contributed by atoms with van der Waals surface area (Å²) in [5, 5.41) is 2.40. The molecule has 0 saturated carbocycles. The van der Waals surface area contributed by atoms with Crippen molar-refractivity contribution in [3.05, 3.63) is 34.3 Å². The molecule has 0 aromatic heterocycles. The van der Waals surface area contributed by atoms with Crippen LogP contribution in [0.15, 0.2) is 28.7 Å². The maximum Gasteiger partial charge on any atom is 0.339 e. The lowest BCUT2D eigenvalue weighted by Gasteiger charge is -2.26. The van der Waals surface area contributed by atoms with Gasteiger partial charge in [-0.25, -0.2) is 4.79 Å². The molecule has 108 valence electrons. The molecule has 0 heterocycles. The van der Waals surface area contributed by atoms with E-state index in [1.165, 1.54) is 6.92 Å². The summed E-state index contributed by atoms with van der Waals surface area (Å²) in [6.45, 7) is 3.02. The topological polar surface area (TPSA) is 72.5 Å². The van der Waals surface area contributed by atoms with E-state index in [2.05, 4.69) is 21.2 Å². The predicted octanol–water partition coefficient (Wildman–Crippen LogP) is 1.63. The number of hydrogen-bond donors (Lipinski definition) is 1. The minimum absolute atomic E-state index is 0.0438. The van der Waals surface area contributed by atoms with E-state index in [9.17, 15) is 14.4 Å². The minimum Gasteiger partial charge on any atom is -0.464 e. The van der Waals surface area contributed by atoms with Gasteiger partial charge in [-0.05, 0) is 24.6 Å². The SMILES string of the molecule is CCOC(=O)C(C=O)(Cc1ccc(Br)cc1)NC(C)=O. The molecular formula is C14H16BrNO4. The average Bonchev–Trinajstić information content (AvgIpc) is 2.40. The molecule has 0 aliphatic rings. The Balaban J connectivity index is 3.08. The maximum absolute atomic E-state index is 12.0. The molecule has 5 nitrogen and oxygen atoms in total. The van der Waals surface area contributed by atoms with E-state index in [1.54, 1.807) is 31.2 Å². The molecule has 1 aromatic carbocycles. The van der Waals surface area contributed by atoms with Crippen molar-refractivity contribution in [3.63, 3.8) is 0 Å². The third-order valence-corrected chi connectivity index (χ3v) is 3.16. The van der Waals surface area contributed by atoms with Crippen LogP contribution in [0, 0.1) is 0 Å². The fourth-order valence-corrected chi connectivity index (χ4v) is 2.05. The summed E-state index contributed by atoms with van der Waals surface area (Å²) in [4.78, 5) is 34.7. The van der Waals surface area contributed by atoms with Crippen molar-refractivity contribution in [2.24, 2.45) is 0 Å². The monoisotopic (exact) mass is 341 g/mol. The molecule has 0 fully saturated rings. The highest BCUT2D eigenvalue weighted by molar-refractivity contribution is 9.10. The van der Waals surface area contributed by atoms with Gasteiger partial charge in [0.15, 0.2) is 11.8 Å². The quantitative estimate of drug-likeness (QED) is 0.485. The summed E-state index contributed by atoms with van der Waals surface area (Å²) in [5.74, 6) is -1.23. The van der Waals surface area contributed by atoms with E-state index in [1.807, 2.05) is 0 Å². The predicted molar refractivity (Wildman–Crippen MR) is 77.1 cm³/mol. The van der Waals surface area contributed by atoms with Crippen LogP contribution in [-0.2, 0) is 25.5 Å². The highest BCUT2D eigenvalue weighted by Gasteiger charge is 2.41. The van der Waals surface area contributed by atoms with Crippen molar-refractivity contribution < 1.29 is 19.1 Å². The van der Waals surface area contributed by atoms with Gasteiger partial charge in [-0.3, -0.25) is 4.79 Å². The van der Waals surface area contributed by atoms with Gasteiger partial charge in [0, 0.05) is 17.8 Å². The van der Waals surface area contributed by atoms with Gasteiger partial charge in [0.25, 0.3) is 0 Å². The molecule has 0 saturated heterocycles. The van der Waals surface area contributed by atoms with Gasteiger partial charge in [0.1, 0.15) is 0 Å². The van der Waals surface area contributed by atoms with Crippen molar-refractivity contribution in [2.75, 3.05) is 6.61 Å². The second-order valence-electron chi connectivity index (χ2n) is 4.29. The first-order valence-electron chi connectivity index (χ1n) is 6.10. The summed E-state index contributed by atoms with van der Waals surface area (Å²) in [7, 11) is 0. The summed E-state index contributed by atoms with van der Waals surface area (Å²) in [6.07, 6.45) is 0.469. The van der Waals surface area contributed by atoms with Gasteiger partial charge in [-0.2, -0.15) is 0 Å². The van der Waals surface area contributed by atoms with E-state index >= 15 is 0 Å². The molecule has 0 aliphatic heterocycles. The molecule has 1 amide bonds. The number of carbonyl (C=O) groups is 3. The second kappa shape index (κ2) is 7.19. The number of ether oxygens (including phenoxy) is 1. The number of halogens is 1. The van der Waals surface area contributed by atoms with Crippen LogP contribution in [0.4, 0.5) is 0 Å². The Labute approximate surface area is 125 Å². The molecular weight excluding hydrogens is 326 g/mol. The lowest BCUT2D eigenvalue weighted by Crippen LogP contribution is -2.57. The van der Waals surface area contributed by atoms with Gasteiger partial charge in [-0.1, -0.05) is 28.1 Å². The van der Waals surface area contributed by atoms with E-state index in [0.29, 0.717) is 6.29 Å². The first-order valence-corrected chi connectivity index (χ1v) is 6.89. The summed E-state index contributed by atoms with van der Waals surface area (Å²) < 4.78 is 5.78. The molecule has 1 N–H and O–H groups in total. The molecule has 0 radical (unpaired) electrons. The molecule has 1 atom stereocenters. The van der Waals surface area contributed by atoms with E-state index < -0.39 is 17.4 Å². The van der Waals surface area contributed by atoms with Crippen molar-refractivity contribution in [1.29, 1.82) is 0 Å². The second-order valence-corrected chi connectivity index (χ2v) is 5.21. The zero-order chi connectivity index (χ0) is 15.2. The normalized spacial score (nSPS) is 13.2. The average molecular weight is 342 g/mol. The highest BCUT2D eigenvalue weighted by atomic mass is 79.9. The fraction of sp³-hybridized carbons (Fsp3) is 0.357. The van der Waals surface area contributed by atoms with E-state index in [-0.39, 0.29) is 13.0 Å². The van der Waals surface area contributed by atoms with Crippen molar-refractivity contribution in [3.8, 4) is 0 Å². The molecule has 1 aromatic rings. The van der Waals surface area contributed by atoms with Crippen molar-refractivity contribution in [2.45, 2.75) is 25.8 Å². The summed E-state index contributed by atoms with van der Waals surface area (Å²) in [6, 6.07) is 7.13. The standard InChI is InChI=1S/C14H16BrNO4/c1-3-20-13(19)14(9-17,16-10(2)18)8-11-4-6-12(15)7-5-11/h4-7,9H,3,8H2,1-2H3,(H,16,18). The number of nitrogens with one attached hydrogen (secondary N) is 1. The van der Waals surface area contributed by atoms with E-state index in [0.717, 1.165) is 10.0 Å². The number of amides is 1. The Morgan fingerprint density at radius 2 is 1.95 bits per heavy atom. The summed E-state index contributed by atoms with van der Waals surface area (Å²) >= 11 is 3.31.